The summed E-state index contributed by atoms with van der Waals surface area (Å²) in [6.07, 6.45) is 0. The van der Waals surface area contributed by atoms with Crippen LogP contribution in [0.3, 0.4) is 0 Å². The van der Waals surface area contributed by atoms with E-state index in [1.165, 1.54) is 0 Å². The first-order chi connectivity index (χ1) is 13.0. The monoisotopic (exact) mass is 383 g/mol. The number of nitrogens with two attached hydrogens (primary N) is 1. The molecule has 0 bridgehead atoms. The second kappa shape index (κ2) is 8.33. The van der Waals surface area contributed by atoms with Crippen molar-refractivity contribution in [2.45, 2.75) is 40.0 Å². The highest BCUT2D eigenvalue weighted by Gasteiger charge is 2.20. The summed E-state index contributed by atoms with van der Waals surface area (Å²) in [5, 5.41) is 6.05. The van der Waals surface area contributed by atoms with Gasteiger partial charge in [-0.25, -0.2) is 0 Å². The Hall–Kier alpha value is -3.02. The smallest absolute Gasteiger partial charge is 0.248 e. The zero-order valence-corrected chi connectivity index (χ0v) is 17.4. The fourth-order valence-electron chi connectivity index (χ4n) is 3.16. The molecule has 0 unspecified atom stereocenters. The van der Waals surface area contributed by atoms with Gasteiger partial charge >= 0.3 is 0 Å². The number of methoxy groups -OCH3 is 1. The fraction of sp³-hybridized carbons (Fsp3) is 0.364. The first-order valence-electron chi connectivity index (χ1n) is 9.17. The standard InChI is InChI=1S/C22H29N3O3/c1-13-7-10-17(14(2)20(13)28-6)24-12-19(26)25-18-11-15(21(23)27)8-9-16(18)22(3,4)5/h7-11,24H,12H2,1-6H3,(H2,23,27)(H,25,26). The molecule has 0 aliphatic carbocycles. The van der Waals surface area contributed by atoms with Gasteiger partial charge in [-0.15, -0.1) is 0 Å². The summed E-state index contributed by atoms with van der Waals surface area (Å²) < 4.78 is 5.42. The molecule has 0 heterocycles. The zero-order valence-electron chi connectivity index (χ0n) is 17.4. The van der Waals surface area contributed by atoms with Gasteiger partial charge in [0.05, 0.1) is 13.7 Å². The van der Waals surface area contributed by atoms with Crippen molar-refractivity contribution in [2.75, 3.05) is 24.3 Å². The minimum Gasteiger partial charge on any atom is -0.496 e. The van der Waals surface area contributed by atoms with Gasteiger partial charge in [0.2, 0.25) is 11.8 Å². The van der Waals surface area contributed by atoms with E-state index in [1.807, 2.05) is 52.8 Å². The Bertz CT molecular complexity index is 899. The van der Waals surface area contributed by atoms with Crippen LogP contribution in [0.2, 0.25) is 0 Å². The lowest BCUT2D eigenvalue weighted by Gasteiger charge is -2.24. The molecule has 0 fully saturated rings. The van der Waals surface area contributed by atoms with Crippen molar-refractivity contribution in [3.8, 4) is 5.75 Å². The lowest BCUT2D eigenvalue weighted by molar-refractivity contribution is -0.114. The molecule has 2 rings (SSSR count). The third-order valence-corrected chi connectivity index (χ3v) is 4.63. The van der Waals surface area contributed by atoms with Crippen molar-refractivity contribution in [1.82, 2.24) is 0 Å². The molecule has 28 heavy (non-hydrogen) atoms. The SMILES string of the molecule is COc1c(C)ccc(NCC(=O)Nc2cc(C(N)=O)ccc2C(C)(C)C)c1C. The van der Waals surface area contributed by atoms with Crippen molar-refractivity contribution < 1.29 is 14.3 Å². The molecule has 2 aromatic carbocycles. The Morgan fingerprint density at radius 3 is 2.32 bits per heavy atom. The summed E-state index contributed by atoms with van der Waals surface area (Å²) in [7, 11) is 1.63. The number of benzene rings is 2. The van der Waals surface area contributed by atoms with Gasteiger partial charge in [0.1, 0.15) is 5.75 Å². The molecule has 0 aliphatic heterocycles. The van der Waals surface area contributed by atoms with E-state index in [4.69, 9.17) is 10.5 Å². The summed E-state index contributed by atoms with van der Waals surface area (Å²) in [5.74, 6) is 0.0529. The minimum absolute atomic E-state index is 0.0808. The van der Waals surface area contributed by atoms with Gasteiger partial charge in [-0.1, -0.05) is 32.9 Å². The maximum absolute atomic E-state index is 12.6. The topological polar surface area (TPSA) is 93.4 Å². The normalized spacial score (nSPS) is 11.1. The molecule has 0 aromatic heterocycles. The number of hydrogen-bond donors (Lipinski definition) is 3. The van der Waals surface area contributed by atoms with E-state index < -0.39 is 5.91 Å². The summed E-state index contributed by atoms with van der Waals surface area (Å²) >= 11 is 0. The first-order valence-corrected chi connectivity index (χ1v) is 9.17. The average molecular weight is 383 g/mol. The molecule has 0 saturated heterocycles. The van der Waals surface area contributed by atoms with Crippen LogP contribution < -0.4 is 21.1 Å². The van der Waals surface area contributed by atoms with E-state index in [2.05, 4.69) is 10.6 Å². The molecule has 0 radical (unpaired) electrons. The summed E-state index contributed by atoms with van der Waals surface area (Å²) in [5.41, 5.74) is 9.88. The van der Waals surface area contributed by atoms with E-state index in [0.717, 1.165) is 28.1 Å². The third-order valence-electron chi connectivity index (χ3n) is 4.63. The number of carbonyl (C=O) groups excluding carboxylic acids is 2. The maximum Gasteiger partial charge on any atom is 0.248 e. The van der Waals surface area contributed by atoms with Crippen LogP contribution in [0.5, 0.6) is 5.75 Å². The number of amides is 2. The number of carbonyl (C=O) groups is 2. The van der Waals surface area contributed by atoms with Crippen LogP contribution in [-0.4, -0.2) is 25.5 Å². The Labute approximate surface area is 166 Å². The van der Waals surface area contributed by atoms with Crippen molar-refractivity contribution in [3.05, 3.63) is 52.6 Å². The van der Waals surface area contributed by atoms with Crippen LogP contribution in [0.4, 0.5) is 11.4 Å². The van der Waals surface area contributed by atoms with E-state index in [1.54, 1.807) is 19.2 Å². The number of anilines is 2. The lowest BCUT2D eigenvalue weighted by atomic mass is 9.85. The largest absolute Gasteiger partial charge is 0.496 e. The van der Waals surface area contributed by atoms with Gasteiger partial charge in [0, 0.05) is 22.5 Å². The molecule has 6 heteroatoms. The second-order valence-electron chi connectivity index (χ2n) is 7.86. The van der Waals surface area contributed by atoms with Crippen LogP contribution in [0.15, 0.2) is 30.3 Å². The summed E-state index contributed by atoms with van der Waals surface area (Å²) in [6, 6.07) is 9.01. The summed E-state index contributed by atoms with van der Waals surface area (Å²) in [6.45, 7) is 10.1. The zero-order chi connectivity index (χ0) is 21.1. The van der Waals surface area contributed by atoms with E-state index in [0.29, 0.717) is 11.3 Å². The Morgan fingerprint density at radius 1 is 1.07 bits per heavy atom. The van der Waals surface area contributed by atoms with E-state index in [9.17, 15) is 9.59 Å². The number of primary amides is 1. The van der Waals surface area contributed by atoms with Gasteiger partial charge in [0.25, 0.3) is 0 Å². The Morgan fingerprint density at radius 2 is 1.75 bits per heavy atom. The maximum atomic E-state index is 12.6. The Balaban J connectivity index is 2.19. The first kappa shape index (κ1) is 21.3. The molecule has 0 aliphatic rings. The number of ether oxygens (including phenoxy) is 1. The third kappa shape index (κ3) is 4.82. The summed E-state index contributed by atoms with van der Waals surface area (Å²) in [4.78, 5) is 24.1. The van der Waals surface area contributed by atoms with Crippen LogP contribution in [-0.2, 0) is 10.2 Å². The van der Waals surface area contributed by atoms with Gasteiger partial charge in [-0.3, -0.25) is 9.59 Å². The van der Waals surface area contributed by atoms with Gasteiger partial charge in [0.15, 0.2) is 0 Å². The molecule has 150 valence electrons. The van der Waals surface area contributed by atoms with Crippen LogP contribution in [0.1, 0.15) is 47.8 Å². The average Bonchev–Trinajstić information content (AvgIpc) is 2.60. The van der Waals surface area contributed by atoms with Crippen molar-refractivity contribution >= 4 is 23.2 Å². The van der Waals surface area contributed by atoms with Crippen LogP contribution in [0, 0.1) is 13.8 Å². The molecule has 4 N–H and O–H groups in total. The van der Waals surface area contributed by atoms with Crippen LogP contribution in [0.25, 0.3) is 0 Å². The molecular formula is C22H29N3O3. The quantitative estimate of drug-likeness (QED) is 0.708. The molecule has 0 atom stereocenters. The van der Waals surface area contributed by atoms with Gasteiger partial charge < -0.3 is 21.1 Å². The predicted molar refractivity (Wildman–Crippen MR) is 113 cm³/mol. The number of nitrogens with one attached hydrogen (secondary N) is 2. The molecule has 2 aromatic rings. The van der Waals surface area contributed by atoms with Gasteiger partial charge in [-0.05, 0) is 48.6 Å². The van der Waals surface area contributed by atoms with Gasteiger partial charge in [-0.2, -0.15) is 0 Å². The molecule has 0 saturated carbocycles. The van der Waals surface area contributed by atoms with Crippen molar-refractivity contribution in [2.24, 2.45) is 5.73 Å². The number of rotatable bonds is 6. The van der Waals surface area contributed by atoms with Crippen molar-refractivity contribution in [3.63, 3.8) is 0 Å². The van der Waals surface area contributed by atoms with E-state index in [-0.39, 0.29) is 17.9 Å². The highest BCUT2D eigenvalue weighted by molar-refractivity contribution is 5.98. The minimum atomic E-state index is -0.531. The van der Waals surface area contributed by atoms with Crippen molar-refractivity contribution in [1.29, 1.82) is 0 Å². The second-order valence-corrected chi connectivity index (χ2v) is 7.86. The highest BCUT2D eigenvalue weighted by Crippen LogP contribution is 2.31. The molecule has 0 spiro atoms. The van der Waals surface area contributed by atoms with E-state index >= 15 is 0 Å². The molecule has 6 nitrogen and oxygen atoms in total. The molecular weight excluding hydrogens is 354 g/mol. The number of hydrogen-bond acceptors (Lipinski definition) is 4. The highest BCUT2D eigenvalue weighted by atomic mass is 16.5. The molecule has 2 amide bonds. The predicted octanol–water partition coefficient (Wildman–Crippen LogP) is 3.76. The number of aryl methyl sites for hydroxylation is 1. The fourth-order valence-corrected chi connectivity index (χ4v) is 3.16. The van der Waals surface area contributed by atoms with Crippen LogP contribution >= 0.6 is 0 Å². The lowest BCUT2D eigenvalue weighted by Crippen LogP contribution is -2.25. The Kier molecular flexibility index (Phi) is 6.33.